The molecule has 0 heterocycles. The van der Waals surface area contributed by atoms with E-state index in [1.54, 1.807) is 6.08 Å². The molecule has 4 N–H and O–H groups in total. The summed E-state index contributed by atoms with van der Waals surface area (Å²) >= 11 is 0. The Hall–Kier alpha value is -2.64. The highest BCUT2D eigenvalue weighted by atomic mass is 32.2. The van der Waals surface area contributed by atoms with Crippen molar-refractivity contribution in [3.05, 3.63) is 65.9 Å². The quantitative estimate of drug-likeness (QED) is 0.802. The number of sulfonamides is 1. The molecule has 120 valence electrons. The normalized spacial score (nSPS) is 11.4. The first-order chi connectivity index (χ1) is 10.8. The highest BCUT2D eigenvalue weighted by Gasteiger charge is 2.07. The van der Waals surface area contributed by atoms with Gasteiger partial charge < -0.3 is 10.6 Å². The second-order valence-corrected chi connectivity index (χ2v) is 6.47. The summed E-state index contributed by atoms with van der Waals surface area (Å²) in [7, 11) is -3.74. The molecule has 0 aromatic heterocycles. The Kier molecular flexibility index (Phi) is 5.15. The molecule has 0 aliphatic rings. The zero-order valence-electron chi connectivity index (χ0n) is 12.5. The number of rotatable bonds is 4. The number of nitrogens with one attached hydrogen (secondary N) is 2. The molecule has 7 heteroatoms. The van der Waals surface area contributed by atoms with Gasteiger partial charge in [0.05, 0.1) is 4.90 Å². The number of carbonyl (C=O) groups excluding carboxylic acids is 1. The number of urea groups is 1. The van der Waals surface area contributed by atoms with Crippen molar-refractivity contribution >= 4 is 27.8 Å². The summed E-state index contributed by atoms with van der Waals surface area (Å²) in [6.45, 7) is 2.00. The zero-order valence-corrected chi connectivity index (χ0v) is 13.3. The lowest BCUT2D eigenvalue weighted by Crippen LogP contribution is -2.23. The molecule has 2 amide bonds. The van der Waals surface area contributed by atoms with Crippen LogP contribution in [0.5, 0.6) is 0 Å². The van der Waals surface area contributed by atoms with Gasteiger partial charge in [0.15, 0.2) is 0 Å². The van der Waals surface area contributed by atoms with E-state index < -0.39 is 16.1 Å². The van der Waals surface area contributed by atoms with Crippen molar-refractivity contribution in [2.45, 2.75) is 11.8 Å². The second kappa shape index (κ2) is 7.08. The molecular weight excluding hydrogens is 314 g/mol. The van der Waals surface area contributed by atoms with E-state index in [0.29, 0.717) is 5.69 Å². The molecule has 0 unspecified atom stereocenters. The minimum atomic E-state index is -3.74. The van der Waals surface area contributed by atoms with Crippen LogP contribution in [-0.2, 0) is 10.0 Å². The van der Waals surface area contributed by atoms with E-state index in [-0.39, 0.29) is 4.90 Å². The summed E-state index contributed by atoms with van der Waals surface area (Å²) in [6, 6.07) is 13.0. The van der Waals surface area contributed by atoms with Crippen LogP contribution in [0.2, 0.25) is 0 Å². The zero-order chi connectivity index (χ0) is 16.9. The molecule has 0 bridgehead atoms. The van der Waals surface area contributed by atoms with Crippen LogP contribution in [0.15, 0.2) is 59.6 Å². The van der Waals surface area contributed by atoms with Crippen LogP contribution >= 0.6 is 0 Å². The maximum atomic E-state index is 11.7. The van der Waals surface area contributed by atoms with Crippen LogP contribution in [0.3, 0.4) is 0 Å². The fourth-order valence-electron chi connectivity index (χ4n) is 1.79. The van der Waals surface area contributed by atoms with Crippen molar-refractivity contribution < 1.29 is 13.2 Å². The second-order valence-electron chi connectivity index (χ2n) is 4.91. The van der Waals surface area contributed by atoms with Gasteiger partial charge in [0.2, 0.25) is 10.0 Å². The topological polar surface area (TPSA) is 101 Å². The van der Waals surface area contributed by atoms with E-state index in [1.807, 2.05) is 31.2 Å². The molecule has 2 aromatic rings. The largest absolute Gasteiger partial charge is 0.323 e. The Morgan fingerprint density at radius 3 is 2.22 bits per heavy atom. The van der Waals surface area contributed by atoms with Gasteiger partial charge in [-0.05, 0) is 42.8 Å². The van der Waals surface area contributed by atoms with Gasteiger partial charge in [-0.3, -0.25) is 0 Å². The Bertz CT molecular complexity index is 811. The van der Waals surface area contributed by atoms with Crippen LogP contribution in [0, 0.1) is 6.92 Å². The van der Waals surface area contributed by atoms with Crippen molar-refractivity contribution in [3.8, 4) is 0 Å². The number of nitrogens with two attached hydrogens (primary N) is 1. The number of hydrogen-bond donors (Lipinski definition) is 3. The van der Waals surface area contributed by atoms with Crippen LogP contribution in [0.1, 0.15) is 11.1 Å². The molecule has 0 radical (unpaired) electrons. The molecular formula is C16H17N3O3S. The number of aryl methyl sites for hydroxylation is 1. The predicted octanol–water partition coefficient (Wildman–Crippen LogP) is 2.43. The van der Waals surface area contributed by atoms with Crippen LogP contribution in [0.25, 0.3) is 6.08 Å². The number of hydrogen-bond acceptors (Lipinski definition) is 3. The Balaban J connectivity index is 1.91. The highest BCUT2D eigenvalue weighted by Crippen LogP contribution is 2.12. The fraction of sp³-hybridized carbons (Fsp3) is 0.0625. The van der Waals surface area contributed by atoms with Gasteiger partial charge in [0, 0.05) is 11.9 Å². The number of carbonyl (C=O) groups is 1. The number of primary sulfonamides is 1. The molecule has 0 atom stereocenters. The summed E-state index contributed by atoms with van der Waals surface area (Å²) < 4.78 is 22.3. The monoisotopic (exact) mass is 331 g/mol. The minimum absolute atomic E-state index is 0.0114. The molecule has 6 nitrogen and oxygen atoms in total. The molecule has 2 aromatic carbocycles. The molecule has 0 aliphatic carbocycles. The van der Waals surface area contributed by atoms with E-state index in [4.69, 9.17) is 5.14 Å². The molecule has 0 saturated heterocycles. The molecule has 0 aliphatic heterocycles. The predicted molar refractivity (Wildman–Crippen MR) is 90.2 cm³/mol. The maximum Gasteiger partial charge on any atom is 0.323 e. The van der Waals surface area contributed by atoms with Gasteiger partial charge in [0.25, 0.3) is 0 Å². The number of amides is 2. The smallest absolute Gasteiger partial charge is 0.314 e. The van der Waals surface area contributed by atoms with Crippen molar-refractivity contribution in [2.75, 3.05) is 5.32 Å². The lowest BCUT2D eigenvalue weighted by Gasteiger charge is -2.05. The lowest BCUT2D eigenvalue weighted by atomic mass is 10.1. The summed E-state index contributed by atoms with van der Waals surface area (Å²) in [5.74, 6) is 0. The third-order valence-electron chi connectivity index (χ3n) is 3.01. The van der Waals surface area contributed by atoms with Crippen molar-refractivity contribution in [3.63, 3.8) is 0 Å². The van der Waals surface area contributed by atoms with E-state index >= 15 is 0 Å². The fourth-order valence-corrected chi connectivity index (χ4v) is 2.30. The van der Waals surface area contributed by atoms with Gasteiger partial charge in [-0.15, -0.1) is 0 Å². The van der Waals surface area contributed by atoms with Crippen molar-refractivity contribution in [1.29, 1.82) is 0 Å². The Labute approximate surface area is 135 Å². The van der Waals surface area contributed by atoms with Gasteiger partial charge in [0.1, 0.15) is 0 Å². The Morgan fingerprint density at radius 1 is 1.04 bits per heavy atom. The number of anilines is 1. The van der Waals surface area contributed by atoms with Gasteiger partial charge >= 0.3 is 6.03 Å². The highest BCUT2D eigenvalue weighted by molar-refractivity contribution is 7.89. The van der Waals surface area contributed by atoms with Crippen molar-refractivity contribution in [2.24, 2.45) is 5.14 Å². The molecule has 0 saturated carbocycles. The van der Waals surface area contributed by atoms with Gasteiger partial charge in [-0.2, -0.15) is 0 Å². The summed E-state index contributed by atoms with van der Waals surface area (Å²) in [4.78, 5) is 11.7. The third-order valence-corrected chi connectivity index (χ3v) is 3.94. The number of benzene rings is 2. The Morgan fingerprint density at radius 2 is 1.65 bits per heavy atom. The summed E-state index contributed by atoms with van der Waals surface area (Å²) in [6.07, 6.45) is 3.29. The molecule has 0 spiro atoms. The standard InChI is InChI=1S/C16H17N3O3S/c1-12-2-4-13(5-3-12)10-11-18-16(20)19-14-6-8-15(9-7-14)23(17,21)22/h2-11H,1H3,(H2,17,21,22)(H2,18,19,20)/b11-10+. The molecule has 2 rings (SSSR count). The summed E-state index contributed by atoms with van der Waals surface area (Å²) in [5, 5.41) is 10.1. The third kappa shape index (κ3) is 5.24. The SMILES string of the molecule is Cc1ccc(/C=C/NC(=O)Nc2ccc(S(N)(=O)=O)cc2)cc1. The first kappa shape index (κ1) is 16.7. The minimum Gasteiger partial charge on any atom is -0.314 e. The first-order valence-corrected chi connectivity index (χ1v) is 8.33. The van der Waals surface area contributed by atoms with Crippen molar-refractivity contribution in [1.82, 2.24) is 5.32 Å². The average molecular weight is 331 g/mol. The first-order valence-electron chi connectivity index (χ1n) is 6.78. The molecule has 23 heavy (non-hydrogen) atoms. The van der Waals surface area contributed by atoms with E-state index in [9.17, 15) is 13.2 Å². The van der Waals surface area contributed by atoms with Crippen LogP contribution in [-0.4, -0.2) is 14.4 Å². The van der Waals surface area contributed by atoms with E-state index in [1.165, 1.54) is 30.5 Å². The van der Waals surface area contributed by atoms with Crippen LogP contribution in [0.4, 0.5) is 10.5 Å². The van der Waals surface area contributed by atoms with E-state index in [2.05, 4.69) is 10.6 Å². The van der Waals surface area contributed by atoms with Gasteiger partial charge in [-0.1, -0.05) is 29.8 Å². The summed E-state index contributed by atoms with van der Waals surface area (Å²) in [5.41, 5.74) is 2.59. The average Bonchev–Trinajstić information content (AvgIpc) is 2.49. The van der Waals surface area contributed by atoms with Crippen LogP contribution < -0.4 is 15.8 Å². The molecule has 0 fully saturated rings. The maximum absolute atomic E-state index is 11.7. The van der Waals surface area contributed by atoms with Gasteiger partial charge in [-0.25, -0.2) is 18.4 Å². The van der Waals surface area contributed by atoms with E-state index in [0.717, 1.165) is 11.1 Å². The lowest BCUT2D eigenvalue weighted by molar-refractivity contribution is 0.255.